The topological polar surface area (TPSA) is 60.0 Å². The van der Waals surface area contributed by atoms with Gasteiger partial charge in [-0.2, -0.15) is 10.3 Å². The second kappa shape index (κ2) is 6.30. The number of allylic oxidation sites excluding steroid dienone is 3. The van der Waals surface area contributed by atoms with Gasteiger partial charge in [0.25, 0.3) is 0 Å². The largest absolute Gasteiger partial charge is 0.305 e. The Bertz CT molecular complexity index is 412. The van der Waals surface area contributed by atoms with E-state index in [1.54, 1.807) is 6.08 Å². The number of rotatable bonds is 5. The van der Waals surface area contributed by atoms with Gasteiger partial charge >= 0.3 is 0 Å². The third-order valence-corrected chi connectivity index (χ3v) is 2.78. The van der Waals surface area contributed by atoms with Crippen LogP contribution in [0.4, 0.5) is 0 Å². The van der Waals surface area contributed by atoms with Crippen molar-refractivity contribution in [1.29, 1.82) is 10.7 Å². The molecule has 0 heterocycles. The van der Waals surface area contributed by atoms with E-state index < -0.39 is 0 Å². The number of nitriles is 1. The monoisotopic (exact) mass is 245 g/mol. The number of nitrogens with one attached hydrogen (secondary N) is 1. The molecule has 0 unspecified atom stereocenters. The SMILES string of the molecule is C=CC(=N)C(C)(C)C/C=C/C(=N\C#N)C(C)(C)C. The second-order valence-electron chi connectivity index (χ2n) is 5.96. The lowest BCUT2D eigenvalue weighted by atomic mass is 9.83. The van der Waals surface area contributed by atoms with Crippen LogP contribution in [0.2, 0.25) is 0 Å². The predicted octanol–water partition coefficient (Wildman–Crippen LogP) is 4.13. The van der Waals surface area contributed by atoms with E-state index in [0.29, 0.717) is 5.71 Å². The molecule has 0 aliphatic carbocycles. The quantitative estimate of drug-likeness (QED) is 0.574. The smallest absolute Gasteiger partial charge is 0.205 e. The molecule has 1 N–H and O–H groups in total. The molecule has 0 amide bonds. The Morgan fingerprint density at radius 2 is 1.89 bits per heavy atom. The molecule has 0 aromatic rings. The van der Waals surface area contributed by atoms with Gasteiger partial charge in [0.15, 0.2) is 0 Å². The van der Waals surface area contributed by atoms with Gasteiger partial charge in [0.05, 0.1) is 5.71 Å². The summed E-state index contributed by atoms with van der Waals surface area (Å²) in [6, 6.07) is 0. The van der Waals surface area contributed by atoms with Crippen LogP contribution >= 0.6 is 0 Å². The first kappa shape index (κ1) is 16.3. The minimum absolute atomic E-state index is 0.150. The molecular formula is C15H23N3. The van der Waals surface area contributed by atoms with Crippen LogP contribution in [0.5, 0.6) is 0 Å². The first-order chi connectivity index (χ1) is 8.15. The van der Waals surface area contributed by atoms with E-state index in [1.165, 1.54) is 0 Å². The molecule has 3 heteroatoms. The maximum absolute atomic E-state index is 8.67. The van der Waals surface area contributed by atoms with Crippen molar-refractivity contribution < 1.29 is 0 Å². The number of hydrogen-bond acceptors (Lipinski definition) is 3. The molecule has 0 radical (unpaired) electrons. The molecule has 18 heavy (non-hydrogen) atoms. The molecule has 0 aliphatic rings. The Balaban J connectivity index is 4.86. The highest BCUT2D eigenvalue weighted by Gasteiger charge is 2.21. The highest BCUT2D eigenvalue weighted by Crippen LogP contribution is 2.24. The van der Waals surface area contributed by atoms with Gasteiger partial charge in [-0.3, -0.25) is 0 Å². The van der Waals surface area contributed by atoms with Gasteiger partial charge < -0.3 is 5.41 Å². The summed E-state index contributed by atoms with van der Waals surface area (Å²) in [5.41, 5.74) is 0.878. The van der Waals surface area contributed by atoms with E-state index in [2.05, 4.69) is 11.6 Å². The summed E-state index contributed by atoms with van der Waals surface area (Å²) in [7, 11) is 0. The maximum atomic E-state index is 8.67. The van der Waals surface area contributed by atoms with Crippen LogP contribution in [0, 0.1) is 27.7 Å². The van der Waals surface area contributed by atoms with E-state index in [4.69, 9.17) is 10.7 Å². The van der Waals surface area contributed by atoms with Gasteiger partial charge in [0.2, 0.25) is 6.19 Å². The molecular weight excluding hydrogens is 222 g/mol. The van der Waals surface area contributed by atoms with E-state index >= 15 is 0 Å². The fourth-order valence-corrected chi connectivity index (χ4v) is 1.36. The third-order valence-electron chi connectivity index (χ3n) is 2.78. The van der Waals surface area contributed by atoms with Gasteiger partial charge in [0.1, 0.15) is 0 Å². The summed E-state index contributed by atoms with van der Waals surface area (Å²) in [5.74, 6) is 0. The molecule has 0 aliphatic heterocycles. The zero-order chi connectivity index (χ0) is 14.4. The number of aliphatic imine (C=N–C) groups is 1. The van der Waals surface area contributed by atoms with Crippen molar-refractivity contribution in [2.75, 3.05) is 0 Å². The van der Waals surface area contributed by atoms with Crippen molar-refractivity contribution in [2.24, 2.45) is 15.8 Å². The van der Waals surface area contributed by atoms with E-state index in [0.717, 1.165) is 12.1 Å². The van der Waals surface area contributed by atoms with Crippen LogP contribution < -0.4 is 0 Å². The molecule has 3 nitrogen and oxygen atoms in total. The zero-order valence-corrected chi connectivity index (χ0v) is 12.0. The van der Waals surface area contributed by atoms with Gasteiger partial charge in [-0.05, 0) is 18.6 Å². The van der Waals surface area contributed by atoms with Crippen LogP contribution in [0.25, 0.3) is 0 Å². The molecule has 0 saturated heterocycles. The lowest BCUT2D eigenvalue weighted by Gasteiger charge is -2.22. The lowest BCUT2D eigenvalue weighted by Crippen LogP contribution is -2.21. The van der Waals surface area contributed by atoms with Crippen molar-refractivity contribution in [1.82, 2.24) is 0 Å². The Hall–Kier alpha value is -1.69. The Kier molecular flexibility index (Phi) is 5.71. The fraction of sp³-hybridized carbons (Fsp3) is 0.533. The molecule has 0 bridgehead atoms. The van der Waals surface area contributed by atoms with Crippen molar-refractivity contribution in [2.45, 2.75) is 41.0 Å². The average Bonchev–Trinajstić information content (AvgIpc) is 2.25. The molecule has 0 aromatic heterocycles. The molecule has 0 fully saturated rings. The summed E-state index contributed by atoms with van der Waals surface area (Å²) in [4.78, 5) is 3.84. The normalized spacial score (nSPS) is 13.4. The number of hydrogen-bond donors (Lipinski definition) is 1. The average molecular weight is 245 g/mol. The second-order valence-corrected chi connectivity index (χ2v) is 5.96. The zero-order valence-electron chi connectivity index (χ0n) is 12.0. The molecule has 98 valence electrons. The summed E-state index contributed by atoms with van der Waals surface area (Å²) in [6.07, 6.45) is 7.97. The number of nitrogens with zero attached hydrogens (tertiary/aromatic N) is 2. The summed E-state index contributed by atoms with van der Waals surface area (Å²) in [5, 5.41) is 16.5. The molecule has 0 atom stereocenters. The standard InChI is InChI=1S/C15H23N3/c1-7-12(17)15(5,6)10-8-9-13(18-11-16)14(2,3)4/h7-9,17H,1,10H2,2-6H3/b9-8+,17-12?,18-13+. The van der Waals surface area contributed by atoms with Gasteiger partial charge in [-0.15, -0.1) is 0 Å². The van der Waals surface area contributed by atoms with Crippen LogP contribution in [-0.2, 0) is 0 Å². The maximum Gasteiger partial charge on any atom is 0.205 e. The molecule has 0 aromatic carbocycles. The highest BCUT2D eigenvalue weighted by molar-refractivity contribution is 6.00. The third kappa shape index (κ3) is 5.09. The van der Waals surface area contributed by atoms with E-state index in [9.17, 15) is 0 Å². The summed E-state index contributed by atoms with van der Waals surface area (Å²) >= 11 is 0. The van der Waals surface area contributed by atoms with Crippen molar-refractivity contribution in [3.8, 4) is 6.19 Å². The van der Waals surface area contributed by atoms with E-state index in [1.807, 2.05) is 53.0 Å². The van der Waals surface area contributed by atoms with Crippen LogP contribution in [-0.4, -0.2) is 11.4 Å². The van der Waals surface area contributed by atoms with Crippen LogP contribution in [0.15, 0.2) is 29.8 Å². The fourth-order valence-electron chi connectivity index (χ4n) is 1.36. The summed E-state index contributed by atoms with van der Waals surface area (Å²) < 4.78 is 0. The Morgan fingerprint density at radius 1 is 1.33 bits per heavy atom. The van der Waals surface area contributed by atoms with Gasteiger partial charge in [0, 0.05) is 16.5 Å². The van der Waals surface area contributed by atoms with Gasteiger partial charge in [-0.25, -0.2) is 0 Å². The van der Waals surface area contributed by atoms with E-state index in [-0.39, 0.29) is 10.8 Å². The van der Waals surface area contributed by atoms with Crippen molar-refractivity contribution >= 4 is 11.4 Å². The van der Waals surface area contributed by atoms with Crippen LogP contribution in [0.1, 0.15) is 41.0 Å². The predicted molar refractivity (Wildman–Crippen MR) is 78.0 cm³/mol. The first-order valence-electron chi connectivity index (χ1n) is 6.00. The summed E-state index contributed by atoms with van der Waals surface area (Å²) in [6.45, 7) is 13.7. The minimum Gasteiger partial charge on any atom is -0.305 e. The Labute approximate surface area is 110 Å². The molecule has 0 rings (SSSR count). The lowest BCUT2D eigenvalue weighted by molar-refractivity contribution is 0.531. The van der Waals surface area contributed by atoms with Gasteiger partial charge in [-0.1, -0.05) is 47.3 Å². The van der Waals surface area contributed by atoms with Crippen molar-refractivity contribution in [3.63, 3.8) is 0 Å². The highest BCUT2D eigenvalue weighted by atomic mass is 14.7. The first-order valence-corrected chi connectivity index (χ1v) is 6.00. The molecule has 0 saturated carbocycles. The molecule has 0 spiro atoms. The van der Waals surface area contributed by atoms with Crippen LogP contribution in [0.3, 0.4) is 0 Å². The van der Waals surface area contributed by atoms with Crippen molar-refractivity contribution in [3.05, 3.63) is 24.8 Å². The Morgan fingerprint density at radius 3 is 2.28 bits per heavy atom. The minimum atomic E-state index is -0.242.